The number of benzene rings is 1. The number of methoxy groups -OCH3 is 1. The first kappa shape index (κ1) is 14.1. The van der Waals surface area contributed by atoms with Crippen molar-refractivity contribution < 1.29 is 14.3 Å². The Bertz CT molecular complexity index is 548. The lowest BCUT2D eigenvalue weighted by Crippen LogP contribution is -2.07. The van der Waals surface area contributed by atoms with Gasteiger partial charge < -0.3 is 9.47 Å². The lowest BCUT2D eigenvalue weighted by molar-refractivity contribution is 0.0730. The highest BCUT2D eigenvalue weighted by atomic mass is 35.5. The summed E-state index contributed by atoms with van der Waals surface area (Å²) < 4.78 is 11.1. The zero-order valence-corrected chi connectivity index (χ0v) is 12.0. The molecule has 0 saturated heterocycles. The number of thiophene rings is 1. The summed E-state index contributed by atoms with van der Waals surface area (Å²) in [5, 5.41) is 0. The molecule has 3 nitrogen and oxygen atoms in total. The maximum absolute atomic E-state index is 11.8. The van der Waals surface area contributed by atoms with Crippen molar-refractivity contribution in [3.8, 4) is 5.75 Å². The maximum Gasteiger partial charge on any atom is 0.198 e. The van der Waals surface area contributed by atoms with Crippen LogP contribution in [0.15, 0.2) is 36.4 Å². The molecule has 0 radical (unpaired) electrons. The summed E-state index contributed by atoms with van der Waals surface area (Å²) in [7, 11) is 1.62. The topological polar surface area (TPSA) is 35.5 Å². The van der Waals surface area contributed by atoms with Crippen LogP contribution in [0.25, 0.3) is 0 Å². The number of halogens is 1. The molecule has 0 aliphatic heterocycles. The van der Waals surface area contributed by atoms with Crippen molar-refractivity contribution in [2.45, 2.75) is 6.61 Å². The molecule has 2 aromatic rings. The van der Waals surface area contributed by atoms with E-state index in [1.54, 1.807) is 19.2 Å². The third-order valence-corrected chi connectivity index (χ3v) is 3.78. The van der Waals surface area contributed by atoms with Gasteiger partial charge in [-0.2, -0.15) is 0 Å². The first-order valence-corrected chi connectivity index (χ1v) is 6.87. The predicted molar refractivity (Wildman–Crippen MR) is 76.3 cm³/mol. The molecule has 0 atom stereocenters. The number of hydrogen-bond acceptors (Lipinski definition) is 4. The van der Waals surface area contributed by atoms with E-state index >= 15 is 0 Å². The minimum absolute atomic E-state index is 0.0505. The molecule has 0 bridgehead atoms. The van der Waals surface area contributed by atoms with Gasteiger partial charge in [-0.15, -0.1) is 11.3 Å². The number of ketones is 1. The smallest absolute Gasteiger partial charge is 0.198 e. The van der Waals surface area contributed by atoms with Crippen LogP contribution in [0.2, 0.25) is 4.34 Å². The molecule has 5 heteroatoms. The third-order valence-electron chi connectivity index (χ3n) is 2.51. The maximum atomic E-state index is 11.8. The van der Waals surface area contributed by atoms with Gasteiger partial charge in [-0.1, -0.05) is 23.7 Å². The number of rotatable bonds is 6. The fraction of sp³-hybridized carbons (Fsp3) is 0.214. The average molecular weight is 297 g/mol. The molecule has 0 amide bonds. The van der Waals surface area contributed by atoms with Crippen molar-refractivity contribution in [2.75, 3.05) is 13.7 Å². The van der Waals surface area contributed by atoms with Gasteiger partial charge in [-0.3, -0.25) is 4.79 Å². The zero-order chi connectivity index (χ0) is 13.7. The second kappa shape index (κ2) is 6.70. The van der Waals surface area contributed by atoms with Gasteiger partial charge in [0.2, 0.25) is 0 Å². The number of carbonyl (C=O) groups is 1. The van der Waals surface area contributed by atoms with Gasteiger partial charge in [0.15, 0.2) is 5.78 Å². The second-order valence-electron chi connectivity index (χ2n) is 3.87. The fourth-order valence-electron chi connectivity index (χ4n) is 1.52. The van der Waals surface area contributed by atoms with Gasteiger partial charge in [-0.05, 0) is 29.8 Å². The highest BCUT2D eigenvalue weighted by molar-refractivity contribution is 7.18. The van der Waals surface area contributed by atoms with E-state index in [0.29, 0.717) is 15.8 Å². The summed E-state index contributed by atoms with van der Waals surface area (Å²) in [4.78, 5) is 12.4. The molecule has 0 fully saturated rings. The number of hydrogen-bond donors (Lipinski definition) is 0. The van der Waals surface area contributed by atoms with Crippen LogP contribution in [-0.2, 0) is 11.3 Å². The van der Waals surface area contributed by atoms with E-state index < -0.39 is 0 Å². The van der Waals surface area contributed by atoms with E-state index in [0.717, 1.165) is 11.3 Å². The minimum atomic E-state index is -0.0505. The molecule has 0 N–H and O–H groups in total. The van der Waals surface area contributed by atoms with Crippen LogP contribution in [0.5, 0.6) is 5.75 Å². The van der Waals surface area contributed by atoms with Crippen LogP contribution >= 0.6 is 22.9 Å². The van der Waals surface area contributed by atoms with E-state index in [2.05, 4.69) is 0 Å². The molecule has 19 heavy (non-hydrogen) atoms. The Morgan fingerprint density at radius 3 is 2.53 bits per heavy atom. The van der Waals surface area contributed by atoms with E-state index in [9.17, 15) is 4.79 Å². The van der Waals surface area contributed by atoms with Crippen LogP contribution in [0.1, 0.15) is 15.2 Å². The second-order valence-corrected chi connectivity index (χ2v) is 5.58. The van der Waals surface area contributed by atoms with Crippen molar-refractivity contribution in [2.24, 2.45) is 0 Å². The molecule has 0 saturated carbocycles. The van der Waals surface area contributed by atoms with Crippen LogP contribution in [0.4, 0.5) is 0 Å². The van der Waals surface area contributed by atoms with Gasteiger partial charge in [-0.25, -0.2) is 0 Å². The van der Waals surface area contributed by atoms with Crippen molar-refractivity contribution in [3.05, 3.63) is 51.2 Å². The van der Waals surface area contributed by atoms with E-state index in [1.807, 2.05) is 24.3 Å². The summed E-state index contributed by atoms with van der Waals surface area (Å²) in [5.74, 6) is 0.749. The van der Waals surface area contributed by atoms with Gasteiger partial charge in [0, 0.05) is 0 Å². The molecule has 0 unspecified atom stereocenters. The first-order valence-electron chi connectivity index (χ1n) is 5.68. The molecule has 1 aromatic heterocycles. The van der Waals surface area contributed by atoms with Crippen LogP contribution in [0, 0.1) is 0 Å². The van der Waals surface area contributed by atoms with Crippen LogP contribution in [0.3, 0.4) is 0 Å². The van der Waals surface area contributed by atoms with Crippen molar-refractivity contribution in [1.82, 2.24) is 0 Å². The number of ether oxygens (including phenoxy) is 2. The van der Waals surface area contributed by atoms with Crippen molar-refractivity contribution in [3.63, 3.8) is 0 Å². The van der Waals surface area contributed by atoms with Crippen molar-refractivity contribution in [1.29, 1.82) is 0 Å². The van der Waals surface area contributed by atoms with Gasteiger partial charge in [0.1, 0.15) is 12.4 Å². The number of Topliss-reactive ketones (excluding diaryl/α,β-unsaturated/α-hetero) is 1. The Hall–Kier alpha value is -1.36. The highest BCUT2D eigenvalue weighted by Gasteiger charge is 2.08. The predicted octanol–water partition coefficient (Wildman–Crippen LogP) is 3.81. The molecule has 1 heterocycles. The standard InChI is InChI=1S/C14H13ClO3S/c1-17-11-4-2-10(3-5-11)8-18-9-12(16)13-6-7-14(15)19-13/h2-7H,8-9H2,1H3. The summed E-state index contributed by atoms with van der Waals surface area (Å²) >= 11 is 7.04. The van der Waals surface area contributed by atoms with E-state index in [1.165, 1.54) is 11.3 Å². The Kier molecular flexibility index (Phi) is 4.96. The summed E-state index contributed by atoms with van der Waals surface area (Å²) in [5.41, 5.74) is 0.998. The van der Waals surface area contributed by atoms with Gasteiger partial charge >= 0.3 is 0 Å². The van der Waals surface area contributed by atoms with Crippen molar-refractivity contribution >= 4 is 28.7 Å². The normalized spacial score (nSPS) is 10.4. The molecule has 0 spiro atoms. The summed E-state index contributed by atoms with van der Waals surface area (Å²) in [6.45, 7) is 0.456. The summed E-state index contributed by atoms with van der Waals surface area (Å²) in [6.07, 6.45) is 0. The fourth-order valence-corrected chi connectivity index (χ4v) is 2.49. The molecular formula is C14H13ClO3S. The largest absolute Gasteiger partial charge is 0.497 e. The highest BCUT2D eigenvalue weighted by Crippen LogP contribution is 2.21. The Morgan fingerprint density at radius 2 is 1.95 bits per heavy atom. The SMILES string of the molecule is COc1ccc(COCC(=O)c2ccc(Cl)s2)cc1. The molecule has 1 aromatic carbocycles. The Labute approximate surface area is 120 Å². The zero-order valence-electron chi connectivity index (χ0n) is 10.4. The lowest BCUT2D eigenvalue weighted by Gasteiger charge is -2.04. The molecule has 0 aliphatic carbocycles. The lowest BCUT2D eigenvalue weighted by atomic mass is 10.2. The molecule has 2 rings (SSSR count). The number of carbonyl (C=O) groups excluding carboxylic acids is 1. The quantitative estimate of drug-likeness (QED) is 0.760. The first-order chi connectivity index (χ1) is 9.19. The summed E-state index contributed by atoms with van der Waals surface area (Å²) in [6, 6.07) is 11.0. The van der Waals surface area contributed by atoms with E-state index in [-0.39, 0.29) is 12.4 Å². The molecular weight excluding hydrogens is 284 g/mol. The van der Waals surface area contributed by atoms with E-state index in [4.69, 9.17) is 21.1 Å². The third kappa shape index (κ3) is 4.06. The van der Waals surface area contributed by atoms with Gasteiger partial charge in [0.25, 0.3) is 0 Å². The Balaban J connectivity index is 1.81. The average Bonchev–Trinajstić information content (AvgIpc) is 2.86. The van der Waals surface area contributed by atoms with Crippen LogP contribution in [-0.4, -0.2) is 19.5 Å². The monoisotopic (exact) mass is 296 g/mol. The van der Waals surface area contributed by atoms with Gasteiger partial charge in [0.05, 0.1) is 22.9 Å². The Morgan fingerprint density at radius 1 is 1.21 bits per heavy atom. The molecule has 0 aliphatic rings. The van der Waals surface area contributed by atoms with Crippen LogP contribution < -0.4 is 4.74 Å². The molecule has 100 valence electrons. The minimum Gasteiger partial charge on any atom is -0.497 e.